The van der Waals surface area contributed by atoms with Crippen LogP contribution >= 0.6 is 0 Å². The van der Waals surface area contributed by atoms with Crippen LogP contribution in [0.4, 0.5) is 4.79 Å². The Morgan fingerprint density at radius 2 is 1.71 bits per heavy atom. The van der Waals surface area contributed by atoms with Gasteiger partial charge in [0.2, 0.25) is 0 Å². The minimum absolute atomic E-state index is 0.282. The third kappa shape index (κ3) is 4.37. The van der Waals surface area contributed by atoms with Gasteiger partial charge in [0, 0.05) is 30.7 Å². The maximum absolute atomic E-state index is 12.5. The number of nitrogens with one attached hydrogen (secondary N) is 2. The first-order valence-corrected chi connectivity index (χ1v) is 8.83. The van der Waals surface area contributed by atoms with E-state index in [0.29, 0.717) is 5.56 Å². The summed E-state index contributed by atoms with van der Waals surface area (Å²) in [5.41, 5.74) is 2.15. The number of esters is 1. The van der Waals surface area contributed by atoms with Crippen LogP contribution in [-0.2, 0) is 23.1 Å². The molecule has 0 aliphatic heterocycles. The van der Waals surface area contributed by atoms with E-state index in [2.05, 4.69) is 10.6 Å². The summed E-state index contributed by atoms with van der Waals surface area (Å²) in [7, 11) is 1.83. The molecule has 0 radical (unpaired) electrons. The third-order valence-electron chi connectivity index (χ3n) is 4.30. The van der Waals surface area contributed by atoms with Crippen molar-refractivity contribution in [2.24, 2.45) is 7.05 Å². The van der Waals surface area contributed by atoms with E-state index in [-0.39, 0.29) is 6.54 Å². The molecule has 0 saturated carbocycles. The number of hydrogen-bond donors (Lipinski definition) is 2. The number of fused-ring (bicyclic) bond motifs is 1. The van der Waals surface area contributed by atoms with E-state index in [0.717, 1.165) is 16.5 Å². The van der Waals surface area contributed by atoms with E-state index >= 15 is 0 Å². The van der Waals surface area contributed by atoms with Crippen LogP contribution in [0, 0.1) is 0 Å². The summed E-state index contributed by atoms with van der Waals surface area (Å²) >= 11 is 0. The van der Waals surface area contributed by atoms with E-state index in [4.69, 9.17) is 4.74 Å². The maximum atomic E-state index is 12.5. The second-order valence-electron chi connectivity index (χ2n) is 6.38. The van der Waals surface area contributed by atoms with E-state index in [1.54, 1.807) is 6.20 Å². The second kappa shape index (κ2) is 8.39. The number of aryl methyl sites for hydroxylation is 1. The van der Waals surface area contributed by atoms with E-state index in [1.807, 2.05) is 66.2 Å². The van der Waals surface area contributed by atoms with E-state index in [1.165, 1.54) is 6.92 Å². The van der Waals surface area contributed by atoms with Crippen molar-refractivity contribution in [2.45, 2.75) is 19.6 Å². The van der Waals surface area contributed by atoms with Crippen LogP contribution in [0.3, 0.4) is 0 Å². The zero-order valence-corrected chi connectivity index (χ0v) is 15.6. The number of imide groups is 1. The normalized spacial score (nSPS) is 11.6. The number of hydrogen-bond acceptors (Lipinski definition) is 4. The number of benzene rings is 2. The Bertz CT molecular complexity index is 1010. The summed E-state index contributed by atoms with van der Waals surface area (Å²) in [5.74, 6) is -1.32. The van der Waals surface area contributed by atoms with Gasteiger partial charge in [-0.2, -0.15) is 0 Å². The average molecular weight is 379 g/mol. The zero-order chi connectivity index (χ0) is 20.1. The number of carbonyl (C=O) groups excluding carboxylic acids is 3. The van der Waals surface area contributed by atoms with Crippen molar-refractivity contribution in [3.63, 3.8) is 0 Å². The quantitative estimate of drug-likeness (QED) is 0.667. The molecule has 2 aromatic carbocycles. The van der Waals surface area contributed by atoms with Crippen molar-refractivity contribution < 1.29 is 19.1 Å². The van der Waals surface area contributed by atoms with Crippen molar-refractivity contribution in [1.29, 1.82) is 0 Å². The smallest absolute Gasteiger partial charge is 0.341 e. The molecule has 3 rings (SSSR count). The van der Waals surface area contributed by atoms with Gasteiger partial charge < -0.3 is 14.6 Å². The topological polar surface area (TPSA) is 89.4 Å². The number of aromatic nitrogens is 1. The summed E-state index contributed by atoms with van der Waals surface area (Å²) in [6.07, 6.45) is 0.540. The van der Waals surface area contributed by atoms with E-state index in [9.17, 15) is 14.4 Å². The molecular formula is C21H21N3O4. The van der Waals surface area contributed by atoms with Crippen LogP contribution in [0.15, 0.2) is 60.8 Å². The number of amides is 3. The molecule has 0 bridgehead atoms. The fourth-order valence-electron chi connectivity index (χ4n) is 2.82. The molecule has 1 aromatic heterocycles. The highest BCUT2D eigenvalue weighted by atomic mass is 16.5. The maximum Gasteiger partial charge on any atom is 0.341 e. The number of carbonyl (C=O) groups is 3. The molecule has 3 amide bonds. The Morgan fingerprint density at radius 3 is 2.46 bits per heavy atom. The summed E-state index contributed by atoms with van der Waals surface area (Å²) in [5, 5.41) is 5.50. The number of urea groups is 1. The zero-order valence-electron chi connectivity index (χ0n) is 15.6. The SMILES string of the molecule is CC(OC(=O)c1cn(C)c2ccccc12)C(=O)NC(=O)NCc1ccccc1. The Morgan fingerprint density at radius 1 is 1.04 bits per heavy atom. The molecule has 3 aromatic rings. The molecule has 144 valence electrons. The van der Waals surface area contributed by atoms with Gasteiger partial charge in [-0.15, -0.1) is 0 Å². The number of ether oxygens (including phenoxy) is 1. The van der Waals surface area contributed by atoms with Crippen LogP contribution in [-0.4, -0.2) is 28.6 Å². The summed E-state index contributed by atoms with van der Waals surface area (Å²) < 4.78 is 7.05. The molecule has 1 heterocycles. The van der Waals surface area contributed by atoms with Crippen LogP contribution in [0.1, 0.15) is 22.8 Å². The Hall–Kier alpha value is -3.61. The first-order chi connectivity index (χ1) is 13.5. The Kier molecular flexibility index (Phi) is 5.74. The highest BCUT2D eigenvalue weighted by Crippen LogP contribution is 2.21. The summed E-state index contributed by atoms with van der Waals surface area (Å²) in [6, 6.07) is 16.1. The van der Waals surface area contributed by atoms with Gasteiger partial charge >= 0.3 is 12.0 Å². The predicted octanol–water partition coefficient (Wildman–Crippen LogP) is 2.75. The lowest BCUT2D eigenvalue weighted by Gasteiger charge is -2.13. The predicted molar refractivity (Wildman–Crippen MR) is 105 cm³/mol. The number of nitrogens with zero attached hydrogens (tertiary/aromatic N) is 1. The molecule has 2 N–H and O–H groups in total. The standard InChI is InChI=1S/C21H21N3O4/c1-14(19(25)23-21(27)22-12-15-8-4-3-5-9-15)28-20(26)17-13-24(2)18-11-7-6-10-16(17)18/h3-11,13-14H,12H2,1-2H3,(H2,22,23,25,27). The first kappa shape index (κ1) is 19.2. The molecule has 7 heteroatoms. The van der Waals surface area contributed by atoms with Gasteiger partial charge in [-0.1, -0.05) is 48.5 Å². The van der Waals surface area contributed by atoms with Gasteiger partial charge in [0.15, 0.2) is 6.10 Å². The third-order valence-corrected chi connectivity index (χ3v) is 4.30. The van der Waals surface area contributed by atoms with Gasteiger partial charge in [-0.05, 0) is 18.6 Å². The van der Waals surface area contributed by atoms with Gasteiger partial charge in [0.25, 0.3) is 5.91 Å². The molecule has 0 spiro atoms. The van der Waals surface area contributed by atoms with Crippen molar-refractivity contribution in [3.8, 4) is 0 Å². The van der Waals surface area contributed by atoms with Gasteiger partial charge in [0.1, 0.15) is 0 Å². The lowest BCUT2D eigenvalue weighted by Crippen LogP contribution is -2.44. The monoisotopic (exact) mass is 379 g/mol. The number of rotatable bonds is 5. The molecule has 7 nitrogen and oxygen atoms in total. The molecular weight excluding hydrogens is 358 g/mol. The minimum atomic E-state index is -1.12. The van der Waals surface area contributed by atoms with Crippen molar-refractivity contribution >= 4 is 28.8 Å². The highest BCUT2D eigenvalue weighted by molar-refractivity contribution is 6.05. The molecule has 1 unspecified atom stereocenters. The van der Waals surface area contributed by atoms with Crippen molar-refractivity contribution in [3.05, 3.63) is 71.9 Å². The van der Waals surface area contributed by atoms with Crippen LogP contribution in [0.5, 0.6) is 0 Å². The second-order valence-corrected chi connectivity index (χ2v) is 6.38. The largest absolute Gasteiger partial charge is 0.449 e. The molecule has 0 fully saturated rings. The lowest BCUT2D eigenvalue weighted by molar-refractivity contribution is -0.127. The van der Waals surface area contributed by atoms with Crippen molar-refractivity contribution in [1.82, 2.24) is 15.2 Å². The van der Waals surface area contributed by atoms with Gasteiger partial charge in [-0.3, -0.25) is 10.1 Å². The van der Waals surface area contributed by atoms with Crippen LogP contribution in [0.25, 0.3) is 10.9 Å². The fourth-order valence-corrected chi connectivity index (χ4v) is 2.82. The molecule has 28 heavy (non-hydrogen) atoms. The first-order valence-electron chi connectivity index (χ1n) is 8.83. The van der Waals surface area contributed by atoms with Crippen LogP contribution < -0.4 is 10.6 Å². The minimum Gasteiger partial charge on any atom is -0.449 e. The molecule has 0 aliphatic carbocycles. The van der Waals surface area contributed by atoms with Gasteiger partial charge in [-0.25, -0.2) is 9.59 Å². The Balaban J connectivity index is 1.56. The summed E-state index contributed by atoms with van der Waals surface area (Å²) in [6.45, 7) is 1.70. The number of para-hydroxylation sites is 1. The van der Waals surface area contributed by atoms with Crippen molar-refractivity contribution in [2.75, 3.05) is 0 Å². The average Bonchev–Trinajstić information content (AvgIpc) is 3.04. The van der Waals surface area contributed by atoms with Gasteiger partial charge in [0.05, 0.1) is 5.56 Å². The summed E-state index contributed by atoms with van der Waals surface area (Å²) in [4.78, 5) is 36.5. The molecule has 0 aliphatic rings. The van der Waals surface area contributed by atoms with E-state index < -0.39 is 24.0 Å². The fraction of sp³-hybridized carbons (Fsp3) is 0.190. The Labute approximate surface area is 162 Å². The highest BCUT2D eigenvalue weighted by Gasteiger charge is 2.23. The lowest BCUT2D eigenvalue weighted by atomic mass is 10.2. The van der Waals surface area contributed by atoms with Crippen LogP contribution in [0.2, 0.25) is 0 Å². The molecule has 0 saturated heterocycles. The molecule has 1 atom stereocenters.